The van der Waals surface area contributed by atoms with Crippen molar-refractivity contribution >= 4 is 74.1 Å². The van der Waals surface area contributed by atoms with Gasteiger partial charge in [0.25, 0.3) is 0 Å². The van der Waals surface area contributed by atoms with Crippen molar-refractivity contribution in [1.29, 1.82) is 0 Å². The predicted molar refractivity (Wildman–Crippen MR) is 106 cm³/mol. The number of amides is 2. The van der Waals surface area contributed by atoms with Crippen molar-refractivity contribution in [3.63, 3.8) is 0 Å². The Kier molecular flexibility index (Phi) is 14.5. The van der Waals surface area contributed by atoms with Gasteiger partial charge in [-0.3, -0.25) is 0 Å². The summed E-state index contributed by atoms with van der Waals surface area (Å²) in [6.45, 7) is 0.987. The normalized spacial score (nSPS) is 13.8. The van der Waals surface area contributed by atoms with Crippen LogP contribution in [0, 0.1) is 0 Å². The van der Waals surface area contributed by atoms with E-state index in [9.17, 15) is 24.0 Å². The van der Waals surface area contributed by atoms with Crippen molar-refractivity contribution < 1.29 is 39.3 Å². The van der Waals surface area contributed by atoms with Crippen LogP contribution in [0.3, 0.4) is 0 Å². The molecule has 0 aliphatic rings. The summed E-state index contributed by atoms with van der Waals surface area (Å²) in [4.78, 5) is 56.1. The topological polar surface area (TPSA) is 196 Å². The van der Waals surface area contributed by atoms with Crippen molar-refractivity contribution in [2.45, 2.75) is 37.1 Å². The average Bonchev–Trinajstić information content (AvgIpc) is 2.62. The van der Waals surface area contributed by atoms with Gasteiger partial charge in [0.2, 0.25) is 0 Å². The molecule has 3 unspecified atom stereocenters. The second-order valence-corrected chi connectivity index (χ2v) is 20.3. The van der Waals surface area contributed by atoms with Gasteiger partial charge in [0.15, 0.2) is 0 Å². The van der Waals surface area contributed by atoms with Gasteiger partial charge < -0.3 is 0 Å². The number of nitrogens with two attached hydrogens (primary N) is 1. The van der Waals surface area contributed by atoms with E-state index in [1.165, 1.54) is 20.4 Å². The number of nitrogens with one attached hydrogen (secondary N) is 2. The van der Waals surface area contributed by atoms with E-state index in [1.54, 1.807) is 6.92 Å². The van der Waals surface area contributed by atoms with Crippen molar-refractivity contribution in [3.05, 3.63) is 0 Å². The third kappa shape index (κ3) is 13.3. The molecule has 3 atom stereocenters. The zero-order valence-corrected chi connectivity index (χ0v) is 19.7. The van der Waals surface area contributed by atoms with Gasteiger partial charge in [-0.25, -0.2) is 0 Å². The molecule has 28 heavy (non-hydrogen) atoms. The van der Waals surface area contributed by atoms with Crippen LogP contribution < -0.4 is 16.4 Å². The van der Waals surface area contributed by atoms with Crippen molar-refractivity contribution in [3.8, 4) is 0 Å². The maximum absolute atomic E-state index is 12.1. The Hall–Kier alpha value is -0.951. The summed E-state index contributed by atoms with van der Waals surface area (Å²) in [7, 11) is 2.71. The van der Waals surface area contributed by atoms with Crippen LogP contribution in [-0.4, -0.2) is 98.7 Å². The Labute approximate surface area is 178 Å². The maximum atomic E-state index is 12.1. The number of carbonyl (C=O) groups is 5. The fourth-order valence-corrected chi connectivity index (χ4v) is 18.8. The van der Waals surface area contributed by atoms with Gasteiger partial charge in [0.1, 0.15) is 0 Å². The number of hydrogen-bond acceptors (Lipinski definition) is 8. The van der Waals surface area contributed by atoms with Gasteiger partial charge in [-0.15, -0.1) is 0 Å². The summed E-state index contributed by atoms with van der Waals surface area (Å²) in [6, 6.07) is -2.18. The molecule has 0 aliphatic carbocycles. The van der Waals surface area contributed by atoms with Gasteiger partial charge in [-0.05, 0) is 0 Å². The molecular weight excluding hydrogens is 548 g/mol. The molecular formula is C13H21N3O8S2Se2. The van der Waals surface area contributed by atoms with Crippen molar-refractivity contribution in [1.82, 2.24) is 10.6 Å². The molecule has 0 rings (SSSR count). The number of carbonyl (C=O) groups excluding carboxylic acids is 2. The van der Waals surface area contributed by atoms with Gasteiger partial charge in [0.05, 0.1) is 0 Å². The predicted octanol–water partition coefficient (Wildman–Crippen LogP) is -2.04. The molecule has 15 heteroatoms. The van der Waals surface area contributed by atoms with Crippen LogP contribution in [0.25, 0.3) is 0 Å². The number of aliphatic carboxylic acids is 3. The molecule has 0 spiro atoms. The van der Waals surface area contributed by atoms with Crippen LogP contribution in [-0.2, 0) is 24.0 Å². The van der Waals surface area contributed by atoms with Crippen LogP contribution in [0.4, 0.5) is 0 Å². The molecule has 0 saturated heterocycles. The number of carboxylic acids is 3. The number of hydrogen-bond donors (Lipinski definition) is 6. The first-order valence-electron chi connectivity index (χ1n) is 7.66. The van der Waals surface area contributed by atoms with Crippen LogP contribution in [0.5, 0.6) is 0 Å². The molecule has 0 aromatic carbocycles. The van der Waals surface area contributed by atoms with E-state index in [4.69, 9.17) is 21.1 Å². The minimum absolute atomic E-state index is 0.00307. The van der Waals surface area contributed by atoms with Gasteiger partial charge in [-0.2, -0.15) is 0 Å². The van der Waals surface area contributed by atoms with Crippen LogP contribution in [0.1, 0.15) is 19.8 Å². The monoisotopic (exact) mass is 571 g/mol. The third-order valence-corrected chi connectivity index (χ3v) is 20.3. The fourth-order valence-electron chi connectivity index (χ4n) is 1.38. The van der Waals surface area contributed by atoms with Crippen molar-refractivity contribution in [2.24, 2.45) is 5.73 Å². The summed E-state index contributed by atoms with van der Waals surface area (Å²) in [5.74, 6) is -4.42. The molecule has 0 saturated carbocycles. The summed E-state index contributed by atoms with van der Waals surface area (Å²) in [5.41, 5.74) is 5.33. The van der Waals surface area contributed by atoms with Crippen LogP contribution in [0.2, 0.25) is 0 Å². The fraction of sp³-hybridized carbons (Fsp3) is 0.615. The third-order valence-electron chi connectivity index (χ3n) is 2.91. The Morgan fingerprint density at radius 1 is 1.07 bits per heavy atom. The zero-order chi connectivity index (χ0) is 21.7. The Morgan fingerprint density at radius 3 is 2.25 bits per heavy atom. The van der Waals surface area contributed by atoms with E-state index in [-0.39, 0.29) is 42.6 Å². The van der Waals surface area contributed by atoms with E-state index in [1.807, 2.05) is 0 Å². The molecule has 0 radical (unpaired) electrons. The average molecular weight is 569 g/mol. The number of carboxylic acid groups (broad SMARTS) is 3. The van der Waals surface area contributed by atoms with Crippen LogP contribution in [0.15, 0.2) is 0 Å². The van der Waals surface area contributed by atoms with E-state index in [0.717, 1.165) is 0 Å². The quantitative estimate of drug-likeness (QED) is 0.0939. The number of rotatable bonds is 15. The van der Waals surface area contributed by atoms with E-state index in [2.05, 4.69) is 10.6 Å². The molecule has 11 nitrogen and oxygen atoms in total. The molecule has 0 aromatic heterocycles. The van der Waals surface area contributed by atoms with Gasteiger partial charge in [0, 0.05) is 0 Å². The molecule has 0 heterocycles. The first kappa shape index (κ1) is 27.0. The van der Waals surface area contributed by atoms with Gasteiger partial charge >= 0.3 is 179 Å². The Bertz CT molecular complexity index is 584. The SMILES string of the molecule is CC(S[Se][Se]SCC(NC(=O)CCC(N)C(=O)O)C(=O)NCC(=O)O)C(=O)O. The second-order valence-electron chi connectivity index (χ2n) is 5.21. The summed E-state index contributed by atoms with van der Waals surface area (Å²) in [5, 5.41) is 30.3. The molecule has 0 fully saturated rings. The van der Waals surface area contributed by atoms with Crippen LogP contribution >= 0.6 is 20.4 Å². The molecule has 0 bridgehead atoms. The standard InChI is InChI=1S/C13H21N3O8S2Se2/c1-6(12(21)22)26-28-27-25-5-8(11(20)15-4-10(18)19)16-9(17)3-2-7(14)13(23)24/h6-8H,2-5,14H2,1H3,(H,15,20)(H,16,17)(H,18,19)(H,21,22)(H,23,24). The first-order valence-corrected chi connectivity index (χ1v) is 17.9. The Morgan fingerprint density at radius 2 is 1.71 bits per heavy atom. The summed E-state index contributed by atoms with van der Waals surface area (Å²) >= 11 is 0.0128. The van der Waals surface area contributed by atoms with Crippen molar-refractivity contribution in [2.75, 3.05) is 12.3 Å². The molecule has 0 aliphatic heterocycles. The molecule has 2 amide bonds. The molecule has 0 aromatic rings. The van der Waals surface area contributed by atoms with E-state index >= 15 is 0 Å². The Balaban J connectivity index is 4.54. The zero-order valence-electron chi connectivity index (χ0n) is 14.7. The molecule has 7 N–H and O–H groups in total. The minimum atomic E-state index is -1.24. The summed E-state index contributed by atoms with van der Waals surface area (Å²) < 4.78 is 0. The second kappa shape index (κ2) is 15.0. The van der Waals surface area contributed by atoms with E-state index < -0.39 is 53.6 Å². The van der Waals surface area contributed by atoms with E-state index in [0.29, 0.717) is 0 Å². The first-order chi connectivity index (χ1) is 13.0. The summed E-state index contributed by atoms with van der Waals surface area (Å²) in [6.07, 6.45) is -0.295. The molecule has 160 valence electrons. The van der Waals surface area contributed by atoms with Gasteiger partial charge in [-0.1, -0.05) is 0 Å².